The van der Waals surface area contributed by atoms with Crippen molar-refractivity contribution in [3.63, 3.8) is 0 Å². The van der Waals surface area contributed by atoms with Gasteiger partial charge in [0.1, 0.15) is 0 Å². The summed E-state index contributed by atoms with van der Waals surface area (Å²) in [6.07, 6.45) is 1.78. The maximum absolute atomic E-state index is 12.0. The number of nitrogens with zero attached hydrogens (tertiary/aromatic N) is 1. The van der Waals surface area contributed by atoms with Gasteiger partial charge in [-0.05, 0) is 19.8 Å². The zero-order chi connectivity index (χ0) is 10.8. The molecule has 1 fully saturated rings. The summed E-state index contributed by atoms with van der Waals surface area (Å²) in [6.45, 7) is 12.1. The van der Waals surface area contributed by atoms with Gasteiger partial charge in [0, 0.05) is 19.6 Å². The molecule has 1 aliphatic heterocycles. The van der Waals surface area contributed by atoms with E-state index in [4.69, 9.17) is 0 Å². The van der Waals surface area contributed by atoms with Crippen molar-refractivity contribution in [3.05, 3.63) is 12.7 Å². The van der Waals surface area contributed by atoms with E-state index in [1.165, 1.54) is 0 Å². The molecular weight excluding hydrogens is 176 g/mol. The van der Waals surface area contributed by atoms with Gasteiger partial charge in [0.25, 0.3) is 0 Å². The van der Waals surface area contributed by atoms with Gasteiger partial charge in [-0.2, -0.15) is 0 Å². The zero-order valence-electron chi connectivity index (χ0n) is 9.34. The van der Waals surface area contributed by atoms with Crippen LogP contribution in [0.1, 0.15) is 20.8 Å². The highest BCUT2D eigenvalue weighted by molar-refractivity contribution is 5.85. The number of carbonyl (C=O) groups is 1. The predicted octanol–water partition coefficient (Wildman–Crippen LogP) is 1.02. The summed E-state index contributed by atoms with van der Waals surface area (Å²) in [5.41, 5.74) is -0.437. The second kappa shape index (κ2) is 4.13. The Hall–Kier alpha value is -0.830. The molecule has 3 heteroatoms. The monoisotopic (exact) mass is 196 g/mol. The van der Waals surface area contributed by atoms with E-state index >= 15 is 0 Å². The van der Waals surface area contributed by atoms with Gasteiger partial charge in [0.05, 0.1) is 5.54 Å². The normalized spacial score (nSPS) is 27.2. The first-order valence-corrected chi connectivity index (χ1v) is 5.12. The molecule has 1 amide bonds. The van der Waals surface area contributed by atoms with Crippen molar-refractivity contribution in [2.24, 2.45) is 5.92 Å². The van der Waals surface area contributed by atoms with Gasteiger partial charge in [-0.1, -0.05) is 13.0 Å². The third-order valence-corrected chi connectivity index (χ3v) is 2.60. The van der Waals surface area contributed by atoms with E-state index in [9.17, 15) is 4.79 Å². The van der Waals surface area contributed by atoms with Crippen LogP contribution in [0.4, 0.5) is 0 Å². The van der Waals surface area contributed by atoms with Crippen LogP contribution in [0.2, 0.25) is 0 Å². The van der Waals surface area contributed by atoms with Gasteiger partial charge in [0.15, 0.2) is 0 Å². The smallest absolute Gasteiger partial charge is 0.242 e. The molecule has 1 N–H and O–H groups in total. The summed E-state index contributed by atoms with van der Waals surface area (Å²) in [5, 5.41) is 3.28. The number of rotatable bonds is 2. The van der Waals surface area contributed by atoms with Crippen LogP contribution >= 0.6 is 0 Å². The van der Waals surface area contributed by atoms with Crippen LogP contribution in [0.25, 0.3) is 0 Å². The summed E-state index contributed by atoms with van der Waals surface area (Å²) in [4.78, 5) is 13.9. The molecule has 0 bridgehead atoms. The molecule has 0 aliphatic carbocycles. The Morgan fingerprint density at radius 1 is 1.71 bits per heavy atom. The van der Waals surface area contributed by atoms with E-state index in [-0.39, 0.29) is 5.91 Å². The quantitative estimate of drug-likeness (QED) is 0.669. The molecule has 1 heterocycles. The zero-order valence-corrected chi connectivity index (χ0v) is 9.34. The van der Waals surface area contributed by atoms with E-state index in [0.717, 1.165) is 13.1 Å². The summed E-state index contributed by atoms with van der Waals surface area (Å²) in [6, 6.07) is 0. The van der Waals surface area contributed by atoms with Gasteiger partial charge in [-0.25, -0.2) is 0 Å². The van der Waals surface area contributed by atoms with Crippen LogP contribution in [0.3, 0.4) is 0 Å². The number of amides is 1. The highest BCUT2D eigenvalue weighted by Crippen LogP contribution is 2.14. The second-order valence-corrected chi connectivity index (χ2v) is 4.61. The van der Waals surface area contributed by atoms with Crippen molar-refractivity contribution in [3.8, 4) is 0 Å². The minimum absolute atomic E-state index is 0.168. The number of nitrogens with one attached hydrogen (secondary N) is 1. The van der Waals surface area contributed by atoms with Gasteiger partial charge < -0.3 is 10.2 Å². The Kier molecular flexibility index (Phi) is 3.32. The maximum atomic E-state index is 12.0. The van der Waals surface area contributed by atoms with E-state index in [0.29, 0.717) is 12.5 Å². The lowest BCUT2D eigenvalue weighted by atomic mass is 10.0. The summed E-state index contributed by atoms with van der Waals surface area (Å²) >= 11 is 0. The molecule has 0 aromatic heterocycles. The Morgan fingerprint density at radius 3 is 2.93 bits per heavy atom. The largest absolute Gasteiger partial charge is 0.337 e. The highest BCUT2D eigenvalue weighted by atomic mass is 16.2. The van der Waals surface area contributed by atoms with Crippen molar-refractivity contribution >= 4 is 5.91 Å². The summed E-state index contributed by atoms with van der Waals surface area (Å²) < 4.78 is 0. The molecule has 0 aromatic carbocycles. The van der Waals surface area contributed by atoms with E-state index in [1.807, 2.05) is 18.7 Å². The van der Waals surface area contributed by atoms with Gasteiger partial charge in [-0.15, -0.1) is 6.58 Å². The van der Waals surface area contributed by atoms with Crippen molar-refractivity contribution < 1.29 is 4.79 Å². The molecule has 1 aliphatic rings. The fourth-order valence-corrected chi connectivity index (χ4v) is 1.74. The minimum Gasteiger partial charge on any atom is -0.337 e. The maximum Gasteiger partial charge on any atom is 0.242 e. The molecule has 1 rings (SSSR count). The molecule has 0 radical (unpaired) electrons. The van der Waals surface area contributed by atoms with Crippen molar-refractivity contribution in [1.82, 2.24) is 10.2 Å². The van der Waals surface area contributed by atoms with Crippen molar-refractivity contribution in [2.45, 2.75) is 26.3 Å². The first kappa shape index (κ1) is 11.2. The van der Waals surface area contributed by atoms with Gasteiger partial charge >= 0.3 is 0 Å². The average molecular weight is 196 g/mol. The van der Waals surface area contributed by atoms with Crippen molar-refractivity contribution in [2.75, 3.05) is 19.6 Å². The Bertz CT molecular complexity index is 235. The molecule has 0 aromatic rings. The van der Waals surface area contributed by atoms with Crippen LogP contribution in [0.15, 0.2) is 12.7 Å². The Morgan fingerprint density at radius 2 is 2.36 bits per heavy atom. The van der Waals surface area contributed by atoms with Crippen LogP contribution in [-0.4, -0.2) is 36.0 Å². The molecule has 3 nitrogen and oxygen atoms in total. The fraction of sp³-hybridized carbons (Fsp3) is 0.727. The lowest BCUT2D eigenvalue weighted by Crippen LogP contribution is -2.51. The standard InChI is InChI=1S/C11H20N2O/c1-5-6-13-8-9(2)7-12-11(3,4)10(13)14/h5,9,12H,1,6-8H2,2-4H3. The summed E-state index contributed by atoms with van der Waals surface area (Å²) in [7, 11) is 0. The lowest BCUT2D eigenvalue weighted by Gasteiger charge is -2.28. The predicted molar refractivity (Wildman–Crippen MR) is 58.0 cm³/mol. The highest BCUT2D eigenvalue weighted by Gasteiger charge is 2.34. The molecule has 0 saturated carbocycles. The van der Waals surface area contributed by atoms with Crippen LogP contribution in [0.5, 0.6) is 0 Å². The molecule has 1 unspecified atom stereocenters. The molecule has 1 atom stereocenters. The molecule has 80 valence electrons. The first-order chi connectivity index (χ1) is 6.47. The number of hydrogen-bond acceptors (Lipinski definition) is 2. The van der Waals surface area contributed by atoms with E-state index in [2.05, 4.69) is 18.8 Å². The average Bonchev–Trinajstić information content (AvgIpc) is 2.20. The third-order valence-electron chi connectivity index (χ3n) is 2.60. The number of hydrogen-bond donors (Lipinski definition) is 1. The third kappa shape index (κ3) is 2.35. The van der Waals surface area contributed by atoms with Gasteiger partial charge in [0.2, 0.25) is 5.91 Å². The molecule has 0 spiro atoms. The van der Waals surface area contributed by atoms with Gasteiger partial charge in [-0.3, -0.25) is 4.79 Å². The van der Waals surface area contributed by atoms with Crippen LogP contribution in [0, 0.1) is 5.92 Å². The van der Waals surface area contributed by atoms with E-state index < -0.39 is 5.54 Å². The molecular formula is C11H20N2O. The minimum atomic E-state index is -0.437. The topological polar surface area (TPSA) is 32.3 Å². The number of carbonyl (C=O) groups excluding carboxylic acids is 1. The first-order valence-electron chi connectivity index (χ1n) is 5.12. The Balaban J connectivity index is 2.81. The van der Waals surface area contributed by atoms with Crippen molar-refractivity contribution in [1.29, 1.82) is 0 Å². The summed E-state index contributed by atoms with van der Waals surface area (Å²) in [5.74, 6) is 0.669. The molecule has 14 heavy (non-hydrogen) atoms. The van der Waals surface area contributed by atoms with Crippen LogP contribution < -0.4 is 5.32 Å². The lowest BCUT2D eigenvalue weighted by molar-refractivity contribution is -0.135. The second-order valence-electron chi connectivity index (χ2n) is 4.61. The molecule has 1 saturated heterocycles. The fourth-order valence-electron chi connectivity index (χ4n) is 1.74. The SMILES string of the molecule is C=CCN1CC(C)CNC(C)(C)C1=O. The van der Waals surface area contributed by atoms with Crippen LogP contribution in [-0.2, 0) is 4.79 Å². The van der Waals surface area contributed by atoms with E-state index in [1.54, 1.807) is 6.08 Å². The Labute approximate surface area is 86.2 Å².